The highest BCUT2D eigenvalue weighted by molar-refractivity contribution is 7.85. The van der Waals surface area contributed by atoms with E-state index in [9.17, 15) is 42.3 Å². The van der Waals surface area contributed by atoms with Crippen LogP contribution in [-0.4, -0.2) is 109 Å². The minimum absolute atomic E-state index is 0.0525. The van der Waals surface area contributed by atoms with Gasteiger partial charge in [0.25, 0.3) is 16.0 Å². The first-order chi connectivity index (χ1) is 20.9. The minimum Gasteiger partial charge on any atom is -0.481 e. The third-order valence-electron chi connectivity index (χ3n) is 6.17. The number of carboxylic acids is 1. The summed E-state index contributed by atoms with van der Waals surface area (Å²) in [5, 5.41) is 19.2. The Labute approximate surface area is 260 Å². The smallest absolute Gasteiger partial charge is 0.305 e. The molecule has 2 bridgehead atoms. The lowest BCUT2D eigenvalue weighted by atomic mass is 10.1. The lowest BCUT2D eigenvalue weighted by Gasteiger charge is -2.30. The number of carbonyl (C=O) groups is 6. The highest BCUT2D eigenvalue weighted by Crippen LogP contribution is 2.12. The quantitative estimate of drug-likeness (QED) is 0.0643. The zero-order valence-electron chi connectivity index (χ0n) is 25.1. The van der Waals surface area contributed by atoms with Crippen molar-refractivity contribution in [2.75, 3.05) is 26.4 Å². The predicted molar refractivity (Wildman–Crippen MR) is 161 cm³/mol. The molecule has 2 rings (SSSR count). The topological polar surface area (TPSA) is 293 Å². The van der Waals surface area contributed by atoms with Gasteiger partial charge in [-0.15, -0.1) is 0 Å². The van der Waals surface area contributed by atoms with Crippen LogP contribution in [0.25, 0.3) is 0 Å². The van der Waals surface area contributed by atoms with Gasteiger partial charge < -0.3 is 42.7 Å². The van der Waals surface area contributed by atoms with Gasteiger partial charge in [0.2, 0.25) is 23.6 Å². The largest absolute Gasteiger partial charge is 0.481 e. The first-order valence-corrected chi connectivity index (χ1v) is 15.5. The maximum Gasteiger partial charge on any atom is 0.305 e. The van der Waals surface area contributed by atoms with Crippen molar-refractivity contribution in [2.24, 2.45) is 16.5 Å². The van der Waals surface area contributed by atoms with Gasteiger partial charge in [-0.2, -0.15) is 8.42 Å². The number of benzene rings is 1. The molecule has 1 aromatic carbocycles. The molecule has 0 fully saturated rings. The standard InChI is InChI=1S/C25H36N8O7.CH4O3S/c1-3-16-24(40)33(2)18(8-5-9-28-25(26)27)23(39)30-13-19(34)31-17(11-20(35)36)22(38)29-12-14-6-4-7-15(10-14)21(37)32-16;1-5(2,3)4/h4,6-7,10,16-18H,3,5,8-9,11-13H2,1-2H3,(H,29,38)(H,30,39)(H,31,34)(H,32,37)(H,35,36)(H4,26,27,28);1H3,(H,2,3,4)/t16-,17+,18+;/m1./s1. The summed E-state index contributed by atoms with van der Waals surface area (Å²) in [6.45, 7) is 1.26. The molecule has 0 saturated carbocycles. The van der Waals surface area contributed by atoms with E-state index in [0.29, 0.717) is 18.2 Å². The molecule has 1 aliphatic rings. The van der Waals surface area contributed by atoms with Gasteiger partial charge >= 0.3 is 5.97 Å². The van der Waals surface area contributed by atoms with Crippen LogP contribution in [0.3, 0.4) is 0 Å². The summed E-state index contributed by atoms with van der Waals surface area (Å²) < 4.78 is 25.9. The summed E-state index contributed by atoms with van der Waals surface area (Å²) in [4.78, 5) is 81.1. The molecule has 18 nitrogen and oxygen atoms in total. The number of likely N-dealkylation sites (N-methyl/N-ethyl adjacent to an activating group) is 1. The van der Waals surface area contributed by atoms with Gasteiger partial charge in [0.05, 0.1) is 19.2 Å². The summed E-state index contributed by atoms with van der Waals surface area (Å²) >= 11 is 0. The number of hydrogen-bond acceptors (Lipinski definition) is 9. The molecule has 10 N–H and O–H groups in total. The molecule has 0 radical (unpaired) electrons. The molecule has 1 aromatic rings. The molecule has 5 amide bonds. The first-order valence-electron chi connectivity index (χ1n) is 13.6. The number of aliphatic carboxylic acids is 1. The average Bonchev–Trinajstić information content (AvgIpc) is 2.94. The van der Waals surface area contributed by atoms with Crippen LogP contribution in [0.1, 0.15) is 48.5 Å². The number of hydrogen-bond donors (Lipinski definition) is 8. The summed E-state index contributed by atoms with van der Waals surface area (Å²) in [5.41, 5.74) is 11.5. The highest BCUT2D eigenvalue weighted by atomic mass is 32.2. The maximum atomic E-state index is 13.4. The Balaban J connectivity index is 0.00000187. The normalized spacial score (nSPS) is 20.1. The SMILES string of the molecule is CC[C@H]1NC(=O)c2cccc(c2)CNC(=O)[C@H](CC(=O)O)NC(=O)CNC(=O)[C@H](CCCN=C(N)N)N(C)C1=O.CS(=O)(=O)O. The Kier molecular flexibility index (Phi) is 15.4. The van der Waals surface area contributed by atoms with Gasteiger partial charge in [0, 0.05) is 25.7 Å². The third kappa shape index (κ3) is 15.0. The maximum absolute atomic E-state index is 13.4. The molecular weight excluding hydrogens is 616 g/mol. The van der Waals surface area contributed by atoms with Gasteiger partial charge in [-0.05, 0) is 37.0 Å². The van der Waals surface area contributed by atoms with Gasteiger partial charge in [-0.25, -0.2) is 0 Å². The van der Waals surface area contributed by atoms with Crippen LogP contribution in [0.2, 0.25) is 0 Å². The predicted octanol–water partition coefficient (Wildman–Crippen LogP) is -2.71. The fourth-order valence-corrected chi connectivity index (χ4v) is 4.02. The van der Waals surface area contributed by atoms with E-state index in [2.05, 4.69) is 26.3 Å². The molecule has 0 saturated heterocycles. The van der Waals surface area contributed by atoms with Crippen molar-refractivity contribution < 1.29 is 46.8 Å². The summed E-state index contributed by atoms with van der Waals surface area (Å²) in [6.07, 6.45) is 0.698. The third-order valence-corrected chi connectivity index (χ3v) is 6.17. The Morgan fingerprint density at radius 3 is 2.24 bits per heavy atom. The molecule has 45 heavy (non-hydrogen) atoms. The second-order valence-corrected chi connectivity index (χ2v) is 11.4. The van der Waals surface area contributed by atoms with E-state index in [1.165, 1.54) is 24.1 Å². The molecule has 19 heteroatoms. The molecule has 3 atom stereocenters. The number of fused-ring (bicyclic) bond motifs is 2. The first kappa shape index (κ1) is 38.2. The molecule has 0 unspecified atom stereocenters. The van der Waals surface area contributed by atoms with E-state index < -0.39 is 76.7 Å². The number of carboxylic acid groups (broad SMARTS) is 1. The number of amides is 5. The summed E-state index contributed by atoms with van der Waals surface area (Å²) in [5.74, 6) is -4.74. The Hall–Kier alpha value is -4.78. The minimum atomic E-state index is -3.67. The molecule has 1 heterocycles. The van der Waals surface area contributed by atoms with Crippen LogP contribution in [0, 0.1) is 0 Å². The van der Waals surface area contributed by atoms with Crippen LogP contribution < -0.4 is 32.7 Å². The molecule has 0 aliphatic carbocycles. The van der Waals surface area contributed by atoms with Crippen LogP contribution >= 0.6 is 0 Å². The molecule has 1 aliphatic heterocycles. The van der Waals surface area contributed by atoms with E-state index in [0.717, 1.165) is 0 Å². The number of guanidine groups is 1. The number of aliphatic imine (C=N–C) groups is 1. The van der Waals surface area contributed by atoms with Crippen LogP contribution in [0.5, 0.6) is 0 Å². The van der Waals surface area contributed by atoms with Gasteiger partial charge in [0.1, 0.15) is 18.1 Å². The fraction of sp³-hybridized carbons (Fsp3) is 0.500. The van der Waals surface area contributed by atoms with Crippen LogP contribution in [-0.2, 0) is 40.6 Å². The van der Waals surface area contributed by atoms with Gasteiger partial charge in [-0.1, -0.05) is 19.1 Å². The fourth-order valence-electron chi connectivity index (χ4n) is 4.02. The van der Waals surface area contributed by atoms with E-state index in [1.54, 1.807) is 19.1 Å². The molecular formula is C26H40N8O10S. The van der Waals surface area contributed by atoms with Crippen LogP contribution in [0.15, 0.2) is 29.3 Å². The number of nitrogens with zero attached hydrogens (tertiary/aromatic N) is 2. The van der Waals surface area contributed by atoms with E-state index >= 15 is 0 Å². The lowest BCUT2D eigenvalue weighted by Crippen LogP contribution is -2.55. The van der Waals surface area contributed by atoms with Gasteiger partial charge in [0.15, 0.2) is 5.96 Å². The van der Waals surface area contributed by atoms with E-state index in [1.807, 2.05) is 0 Å². The van der Waals surface area contributed by atoms with Crippen molar-refractivity contribution >= 4 is 51.6 Å². The summed E-state index contributed by atoms with van der Waals surface area (Å²) in [7, 11) is -2.26. The van der Waals surface area contributed by atoms with Crippen LogP contribution in [0.4, 0.5) is 0 Å². The second-order valence-electron chi connectivity index (χ2n) is 9.94. The van der Waals surface area contributed by atoms with Crippen molar-refractivity contribution in [3.05, 3.63) is 35.4 Å². The highest BCUT2D eigenvalue weighted by Gasteiger charge is 2.32. The van der Waals surface area contributed by atoms with Crippen molar-refractivity contribution in [2.45, 2.75) is 57.3 Å². The Morgan fingerprint density at radius 2 is 1.67 bits per heavy atom. The molecule has 250 valence electrons. The number of rotatable bonds is 7. The molecule has 0 spiro atoms. The zero-order chi connectivity index (χ0) is 34.3. The van der Waals surface area contributed by atoms with Crippen molar-refractivity contribution in [3.63, 3.8) is 0 Å². The average molecular weight is 657 g/mol. The van der Waals surface area contributed by atoms with Crippen molar-refractivity contribution in [1.82, 2.24) is 26.2 Å². The number of carbonyl (C=O) groups excluding carboxylic acids is 5. The van der Waals surface area contributed by atoms with E-state index in [-0.39, 0.29) is 37.5 Å². The molecule has 0 aromatic heterocycles. The summed E-state index contributed by atoms with van der Waals surface area (Å²) in [6, 6.07) is 2.87. The van der Waals surface area contributed by atoms with Crippen molar-refractivity contribution in [1.29, 1.82) is 0 Å². The van der Waals surface area contributed by atoms with Crippen molar-refractivity contribution in [3.8, 4) is 0 Å². The lowest BCUT2D eigenvalue weighted by molar-refractivity contribution is -0.141. The number of nitrogens with one attached hydrogen (secondary N) is 4. The Bertz CT molecular complexity index is 1370. The monoisotopic (exact) mass is 656 g/mol. The Morgan fingerprint density at radius 1 is 1.04 bits per heavy atom. The second kappa shape index (κ2) is 18.1. The number of nitrogens with two attached hydrogens (primary N) is 2. The zero-order valence-corrected chi connectivity index (χ0v) is 25.9. The van der Waals surface area contributed by atoms with E-state index in [4.69, 9.17) is 16.0 Å². The van der Waals surface area contributed by atoms with Gasteiger partial charge in [-0.3, -0.25) is 38.3 Å².